The second-order valence-corrected chi connectivity index (χ2v) is 6.94. The maximum absolute atomic E-state index is 12.8. The first-order valence-corrected chi connectivity index (χ1v) is 9.50. The zero-order valence-corrected chi connectivity index (χ0v) is 14.8. The fraction of sp³-hybridized carbons (Fsp3) is 0.421. The molecule has 1 atom stereocenters. The van der Waals surface area contributed by atoms with Crippen LogP contribution in [0.15, 0.2) is 41.8 Å². The predicted molar refractivity (Wildman–Crippen MR) is 98.9 cm³/mol. The summed E-state index contributed by atoms with van der Waals surface area (Å²) in [6, 6.07) is 11.9. The maximum atomic E-state index is 12.8. The van der Waals surface area contributed by atoms with Gasteiger partial charge in [-0.3, -0.25) is 0 Å². The molecule has 2 aromatic rings. The molecule has 4 nitrogen and oxygen atoms in total. The second-order valence-electron chi connectivity index (χ2n) is 5.96. The maximum Gasteiger partial charge on any atom is 0.322 e. The number of carbonyl (C=O) groups excluding carboxylic acids is 1. The lowest BCUT2D eigenvalue weighted by atomic mass is 10.1. The van der Waals surface area contributed by atoms with Gasteiger partial charge in [-0.2, -0.15) is 0 Å². The molecule has 3 rings (SSSR count). The number of urea groups is 1. The molecule has 5 heteroatoms. The largest absolute Gasteiger partial charge is 0.494 e. The van der Waals surface area contributed by atoms with Crippen LogP contribution in [0.4, 0.5) is 10.5 Å². The number of benzene rings is 1. The minimum atomic E-state index is -0.0144. The second kappa shape index (κ2) is 8.20. The van der Waals surface area contributed by atoms with Crippen LogP contribution in [0.1, 0.15) is 43.5 Å². The van der Waals surface area contributed by atoms with Crippen molar-refractivity contribution < 1.29 is 9.53 Å². The Bertz CT molecular complexity index is 640. The summed E-state index contributed by atoms with van der Waals surface area (Å²) in [5.41, 5.74) is 0.803. The SMILES string of the molecule is CCOc1ccc(NC(=O)N2CCCCC[C@@H]2c2cccs2)cc1. The number of thiophene rings is 1. The smallest absolute Gasteiger partial charge is 0.322 e. The normalized spacial score (nSPS) is 18.0. The Morgan fingerprint density at radius 1 is 1.25 bits per heavy atom. The van der Waals surface area contributed by atoms with Crippen LogP contribution in [0.5, 0.6) is 5.75 Å². The highest BCUT2D eigenvalue weighted by atomic mass is 32.1. The van der Waals surface area contributed by atoms with Gasteiger partial charge in [0.2, 0.25) is 0 Å². The Balaban J connectivity index is 1.71. The lowest BCUT2D eigenvalue weighted by Gasteiger charge is -2.29. The van der Waals surface area contributed by atoms with Crippen LogP contribution in [-0.4, -0.2) is 24.1 Å². The summed E-state index contributed by atoms with van der Waals surface area (Å²) in [7, 11) is 0. The summed E-state index contributed by atoms with van der Waals surface area (Å²) in [5, 5.41) is 5.12. The van der Waals surface area contributed by atoms with Gasteiger partial charge in [0.1, 0.15) is 5.75 Å². The Morgan fingerprint density at radius 2 is 2.08 bits per heavy atom. The predicted octanol–water partition coefficient (Wildman–Crippen LogP) is 5.30. The van der Waals surface area contributed by atoms with Crippen molar-refractivity contribution in [3.05, 3.63) is 46.7 Å². The number of nitrogens with one attached hydrogen (secondary N) is 1. The van der Waals surface area contributed by atoms with Crippen LogP contribution >= 0.6 is 11.3 Å². The number of likely N-dealkylation sites (tertiary alicyclic amines) is 1. The van der Waals surface area contributed by atoms with Crippen LogP contribution in [0, 0.1) is 0 Å². The Kier molecular flexibility index (Phi) is 5.75. The van der Waals surface area contributed by atoms with Gasteiger partial charge in [-0.15, -0.1) is 11.3 Å². The quantitative estimate of drug-likeness (QED) is 0.818. The topological polar surface area (TPSA) is 41.6 Å². The number of nitrogens with zero attached hydrogens (tertiary/aromatic N) is 1. The highest BCUT2D eigenvalue weighted by Crippen LogP contribution is 2.33. The summed E-state index contributed by atoms with van der Waals surface area (Å²) in [6.45, 7) is 3.41. The molecule has 1 aromatic heterocycles. The van der Waals surface area contributed by atoms with Gasteiger partial charge in [-0.25, -0.2) is 4.79 Å². The summed E-state index contributed by atoms with van der Waals surface area (Å²) in [5.74, 6) is 0.821. The molecule has 1 aliphatic heterocycles. The van der Waals surface area contributed by atoms with E-state index in [1.54, 1.807) is 11.3 Å². The fourth-order valence-electron chi connectivity index (χ4n) is 3.12. The number of hydrogen-bond donors (Lipinski definition) is 1. The molecule has 1 aliphatic rings. The molecular formula is C19H24N2O2S. The molecule has 1 saturated heterocycles. The number of rotatable bonds is 4. The zero-order valence-electron chi connectivity index (χ0n) is 14.0. The first-order chi connectivity index (χ1) is 11.8. The lowest BCUT2D eigenvalue weighted by molar-refractivity contribution is 0.190. The van der Waals surface area contributed by atoms with E-state index < -0.39 is 0 Å². The van der Waals surface area contributed by atoms with Crippen LogP contribution in [0.25, 0.3) is 0 Å². The fourth-order valence-corrected chi connectivity index (χ4v) is 4.00. The van der Waals surface area contributed by atoms with E-state index in [0.29, 0.717) is 6.61 Å². The molecule has 1 N–H and O–H groups in total. The van der Waals surface area contributed by atoms with Gasteiger partial charge in [-0.1, -0.05) is 18.9 Å². The molecule has 128 valence electrons. The molecule has 2 heterocycles. The van der Waals surface area contributed by atoms with E-state index >= 15 is 0 Å². The monoisotopic (exact) mass is 344 g/mol. The third kappa shape index (κ3) is 4.09. The van der Waals surface area contributed by atoms with Crippen molar-refractivity contribution in [2.75, 3.05) is 18.5 Å². The Labute approximate surface area is 147 Å². The Hall–Kier alpha value is -2.01. The van der Waals surface area contributed by atoms with E-state index in [4.69, 9.17) is 4.74 Å². The molecule has 0 bridgehead atoms. The minimum absolute atomic E-state index is 0.0144. The van der Waals surface area contributed by atoms with E-state index in [1.807, 2.05) is 36.1 Å². The molecule has 1 fully saturated rings. The molecule has 0 radical (unpaired) electrons. The van der Waals surface area contributed by atoms with Crippen molar-refractivity contribution in [2.24, 2.45) is 0 Å². The van der Waals surface area contributed by atoms with Gasteiger partial charge in [0, 0.05) is 17.1 Å². The lowest BCUT2D eigenvalue weighted by Crippen LogP contribution is -2.37. The highest BCUT2D eigenvalue weighted by Gasteiger charge is 2.27. The minimum Gasteiger partial charge on any atom is -0.494 e. The highest BCUT2D eigenvalue weighted by molar-refractivity contribution is 7.10. The van der Waals surface area contributed by atoms with E-state index in [9.17, 15) is 4.79 Å². The average Bonchev–Trinajstić information content (AvgIpc) is 3.01. The van der Waals surface area contributed by atoms with Gasteiger partial charge >= 0.3 is 6.03 Å². The number of anilines is 1. The summed E-state index contributed by atoms with van der Waals surface area (Å²) in [6.07, 6.45) is 4.47. The van der Waals surface area contributed by atoms with Gasteiger partial charge in [0.25, 0.3) is 0 Å². The van der Waals surface area contributed by atoms with Gasteiger partial charge in [-0.05, 0) is 55.5 Å². The van der Waals surface area contributed by atoms with Gasteiger partial charge in [0.15, 0.2) is 0 Å². The van der Waals surface area contributed by atoms with Gasteiger partial charge < -0.3 is 15.0 Å². The van der Waals surface area contributed by atoms with E-state index in [2.05, 4.69) is 22.8 Å². The van der Waals surface area contributed by atoms with Crippen molar-refractivity contribution in [1.82, 2.24) is 4.90 Å². The van der Waals surface area contributed by atoms with Crippen molar-refractivity contribution in [3.63, 3.8) is 0 Å². The van der Waals surface area contributed by atoms with Crippen LogP contribution in [-0.2, 0) is 0 Å². The van der Waals surface area contributed by atoms with Crippen LogP contribution in [0.2, 0.25) is 0 Å². The van der Waals surface area contributed by atoms with Crippen molar-refractivity contribution in [1.29, 1.82) is 0 Å². The van der Waals surface area contributed by atoms with Crippen LogP contribution in [0.3, 0.4) is 0 Å². The summed E-state index contributed by atoms with van der Waals surface area (Å²) < 4.78 is 5.44. The average molecular weight is 344 g/mol. The number of hydrogen-bond acceptors (Lipinski definition) is 3. The van der Waals surface area contributed by atoms with E-state index in [1.165, 1.54) is 17.7 Å². The van der Waals surface area contributed by atoms with Crippen molar-refractivity contribution in [3.8, 4) is 5.75 Å². The molecule has 0 spiro atoms. The van der Waals surface area contributed by atoms with E-state index in [0.717, 1.165) is 30.8 Å². The third-order valence-corrected chi connectivity index (χ3v) is 5.28. The molecule has 0 saturated carbocycles. The molecule has 2 amide bonds. The number of carbonyl (C=O) groups is 1. The standard InChI is InChI=1S/C19H24N2O2S/c1-2-23-16-11-9-15(10-12-16)20-19(22)21-13-5-3-4-7-17(21)18-8-6-14-24-18/h6,8-12,14,17H,2-5,7,13H2,1H3,(H,20,22)/t17-/m1/s1. The molecule has 1 aromatic carbocycles. The van der Waals surface area contributed by atoms with Gasteiger partial charge in [0.05, 0.1) is 12.6 Å². The number of ether oxygens (including phenoxy) is 1. The Morgan fingerprint density at radius 3 is 2.79 bits per heavy atom. The third-order valence-electron chi connectivity index (χ3n) is 4.30. The zero-order chi connectivity index (χ0) is 16.8. The molecular weight excluding hydrogens is 320 g/mol. The number of amides is 2. The molecule has 24 heavy (non-hydrogen) atoms. The van der Waals surface area contributed by atoms with Crippen molar-refractivity contribution >= 4 is 23.1 Å². The van der Waals surface area contributed by atoms with E-state index in [-0.39, 0.29) is 12.1 Å². The molecule has 0 unspecified atom stereocenters. The van der Waals surface area contributed by atoms with Crippen molar-refractivity contribution in [2.45, 2.75) is 38.6 Å². The summed E-state index contributed by atoms with van der Waals surface area (Å²) >= 11 is 1.74. The summed E-state index contributed by atoms with van der Waals surface area (Å²) in [4.78, 5) is 16.1. The first-order valence-electron chi connectivity index (χ1n) is 8.62. The first kappa shape index (κ1) is 16.8. The molecule has 0 aliphatic carbocycles. The van der Waals surface area contributed by atoms with Crippen LogP contribution < -0.4 is 10.1 Å².